The van der Waals surface area contributed by atoms with Crippen molar-refractivity contribution in [1.82, 2.24) is 4.98 Å². The van der Waals surface area contributed by atoms with Crippen LogP contribution in [0.3, 0.4) is 0 Å². The van der Waals surface area contributed by atoms with Crippen LogP contribution in [0.4, 0.5) is 16.5 Å². The Bertz CT molecular complexity index is 1000. The summed E-state index contributed by atoms with van der Waals surface area (Å²) >= 11 is 1.39. The molecule has 0 aliphatic carbocycles. The van der Waals surface area contributed by atoms with E-state index >= 15 is 0 Å². The van der Waals surface area contributed by atoms with Crippen LogP contribution in [0.5, 0.6) is 5.75 Å². The van der Waals surface area contributed by atoms with Crippen molar-refractivity contribution in [3.8, 4) is 5.75 Å². The van der Waals surface area contributed by atoms with E-state index in [2.05, 4.69) is 10.3 Å². The van der Waals surface area contributed by atoms with Gasteiger partial charge in [-0.2, -0.15) is 0 Å². The van der Waals surface area contributed by atoms with E-state index in [0.29, 0.717) is 10.8 Å². The zero-order valence-corrected chi connectivity index (χ0v) is 16.0. The molecule has 0 spiro atoms. The van der Waals surface area contributed by atoms with Crippen LogP contribution in [0.15, 0.2) is 47.8 Å². The molecule has 0 unspecified atom stereocenters. The number of benzene rings is 2. The minimum atomic E-state index is -0.674. The van der Waals surface area contributed by atoms with Crippen molar-refractivity contribution in [2.45, 2.75) is 13.5 Å². The van der Waals surface area contributed by atoms with Gasteiger partial charge >= 0.3 is 11.7 Å². The maximum atomic E-state index is 12.2. The molecule has 3 rings (SSSR count). The maximum Gasteiger partial charge on any atom is 0.338 e. The predicted molar refractivity (Wildman–Crippen MR) is 105 cm³/mol. The van der Waals surface area contributed by atoms with Gasteiger partial charge in [-0.25, -0.2) is 9.78 Å². The molecule has 2 aromatic carbocycles. The average Bonchev–Trinajstić information content (AvgIpc) is 3.14. The molecule has 0 amide bonds. The molecule has 3 aromatic rings. The van der Waals surface area contributed by atoms with Crippen LogP contribution < -0.4 is 10.1 Å². The molecular weight excluding hydrogens is 382 g/mol. The van der Waals surface area contributed by atoms with E-state index in [9.17, 15) is 14.9 Å². The number of nitrogens with zero attached hydrogens (tertiary/aromatic N) is 2. The Balaban J connectivity index is 1.62. The zero-order valence-electron chi connectivity index (χ0n) is 15.2. The van der Waals surface area contributed by atoms with Gasteiger partial charge in [-0.15, -0.1) is 11.3 Å². The summed E-state index contributed by atoms with van der Waals surface area (Å²) < 4.78 is 10.1. The molecule has 0 bridgehead atoms. The van der Waals surface area contributed by atoms with Crippen LogP contribution in [-0.4, -0.2) is 23.0 Å². The summed E-state index contributed by atoms with van der Waals surface area (Å²) in [7, 11) is 1.32. The molecule has 0 atom stereocenters. The van der Waals surface area contributed by atoms with E-state index < -0.39 is 10.9 Å². The first-order chi connectivity index (χ1) is 13.5. The number of esters is 1. The van der Waals surface area contributed by atoms with Crippen LogP contribution in [0.1, 0.15) is 21.6 Å². The smallest absolute Gasteiger partial charge is 0.338 e. The van der Waals surface area contributed by atoms with Crippen molar-refractivity contribution in [3.63, 3.8) is 0 Å². The minimum absolute atomic E-state index is 0.0370. The second-order valence-corrected chi connectivity index (χ2v) is 6.71. The molecule has 9 heteroatoms. The van der Waals surface area contributed by atoms with Gasteiger partial charge < -0.3 is 14.8 Å². The van der Waals surface area contributed by atoms with Gasteiger partial charge in [0.25, 0.3) is 0 Å². The number of anilines is 2. The first-order valence-electron chi connectivity index (χ1n) is 8.24. The van der Waals surface area contributed by atoms with Crippen LogP contribution in [-0.2, 0) is 11.3 Å². The van der Waals surface area contributed by atoms with Gasteiger partial charge in [-0.3, -0.25) is 10.1 Å². The number of aromatic nitrogens is 1. The summed E-state index contributed by atoms with van der Waals surface area (Å²) in [5.74, 6) is -0.598. The molecule has 1 aromatic heterocycles. The molecule has 1 heterocycles. The third-order valence-corrected chi connectivity index (χ3v) is 4.62. The van der Waals surface area contributed by atoms with Gasteiger partial charge in [0.2, 0.25) is 0 Å². The molecule has 28 heavy (non-hydrogen) atoms. The summed E-state index contributed by atoms with van der Waals surface area (Å²) in [6.45, 7) is 1.97. The summed E-state index contributed by atoms with van der Waals surface area (Å²) in [4.78, 5) is 27.0. The molecule has 8 nitrogen and oxygen atoms in total. The van der Waals surface area contributed by atoms with Gasteiger partial charge in [0.1, 0.15) is 6.61 Å². The number of hydrogen-bond donors (Lipinski definition) is 1. The number of aryl methyl sites for hydroxylation is 1. The van der Waals surface area contributed by atoms with E-state index in [1.807, 2.05) is 31.2 Å². The number of nitro groups is 1. The second-order valence-electron chi connectivity index (χ2n) is 5.85. The van der Waals surface area contributed by atoms with E-state index in [-0.39, 0.29) is 23.6 Å². The Hall–Kier alpha value is -3.46. The summed E-state index contributed by atoms with van der Waals surface area (Å²) in [5.41, 5.74) is 2.43. The highest BCUT2D eigenvalue weighted by Gasteiger charge is 2.19. The van der Waals surface area contributed by atoms with Gasteiger partial charge in [0.15, 0.2) is 10.9 Å². The quantitative estimate of drug-likeness (QED) is 0.355. The van der Waals surface area contributed by atoms with Crippen LogP contribution in [0.2, 0.25) is 0 Å². The molecule has 0 radical (unpaired) electrons. The molecular formula is C19H17N3O5S. The summed E-state index contributed by atoms with van der Waals surface area (Å²) in [6, 6.07) is 11.8. The molecule has 1 N–H and O–H groups in total. The summed E-state index contributed by atoms with van der Waals surface area (Å²) in [6.07, 6.45) is 0. The van der Waals surface area contributed by atoms with E-state index in [1.54, 1.807) is 5.38 Å². The second kappa shape index (κ2) is 8.49. The van der Waals surface area contributed by atoms with E-state index in [1.165, 1.54) is 30.6 Å². The predicted octanol–water partition coefficient (Wildman–Crippen LogP) is 4.47. The van der Waals surface area contributed by atoms with Crippen LogP contribution in [0, 0.1) is 17.0 Å². The number of hydrogen-bond acceptors (Lipinski definition) is 8. The lowest BCUT2D eigenvalue weighted by Gasteiger charge is -2.05. The van der Waals surface area contributed by atoms with Gasteiger partial charge in [-0.1, -0.05) is 17.7 Å². The average molecular weight is 399 g/mol. The number of methoxy groups -OCH3 is 1. The van der Waals surface area contributed by atoms with Gasteiger partial charge in [0, 0.05) is 17.1 Å². The fourth-order valence-corrected chi connectivity index (χ4v) is 3.09. The lowest BCUT2D eigenvalue weighted by atomic mass is 10.2. The van der Waals surface area contributed by atoms with Crippen molar-refractivity contribution in [2.24, 2.45) is 0 Å². The summed E-state index contributed by atoms with van der Waals surface area (Å²) in [5, 5.41) is 16.7. The number of nitrogens with one attached hydrogen (secondary N) is 1. The number of rotatable bonds is 7. The molecule has 0 saturated heterocycles. The third-order valence-electron chi connectivity index (χ3n) is 3.82. The topological polar surface area (TPSA) is 104 Å². The van der Waals surface area contributed by atoms with Crippen molar-refractivity contribution in [3.05, 3.63) is 74.8 Å². The fraction of sp³-hybridized carbons (Fsp3) is 0.158. The Morgan fingerprint density at radius 3 is 2.68 bits per heavy atom. The Morgan fingerprint density at radius 1 is 1.25 bits per heavy atom. The van der Waals surface area contributed by atoms with E-state index in [0.717, 1.165) is 17.3 Å². The maximum absolute atomic E-state index is 12.2. The molecule has 144 valence electrons. The largest absolute Gasteiger partial charge is 0.490 e. The van der Waals surface area contributed by atoms with Crippen molar-refractivity contribution < 1.29 is 19.2 Å². The highest BCUT2D eigenvalue weighted by atomic mass is 32.1. The minimum Gasteiger partial charge on any atom is -0.490 e. The fourth-order valence-electron chi connectivity index (χ4n) is 2.37. The number of thiazole rings is 1. The Kier molecular flexibility index (Phi) is 5.85. The normalized spacial score (nSPS) is 10.4. The molecule has 0 aliphatic heterocycles. The first-order valence-corrected chi connectivity index (χ1v) is 9.12. The molecule has 0 fully saturated rings. The SMILES string of the molecule is COc1ccc(C(=O)OCc2csc(Nc3ccc(C)cc3)n2)cc1[N+](=O)[O-]. The van der Waals surface area contributed by atoms with Crippen molar-refractivity contribution in [1.29, 1.82) is 0 Å². The standard InChI is InChI=1S/C19H17N3O5S/c1-12-3-6-14(7-4-12)20-19-21-15(11-28-19)10-27-18(23)13-5-8-17(26-2)16(9-13)22(24)25/h3-9,11H,10H2,1-2H3,(H,20,21). The number of nitro benzene ring substituents is 1. The van der Waals surface area contributed by atoms with Gasteiger partial charge in [-0.05, 0) is 31.2 Å². The molecule has 0 saturated carbocycles. The Labute approximate surface area is 164 Å². The Morgan fingerprint density at radius 2 is 2.00 bits per heavy atom. The van der Waals surface area contributed by atoms with Crippen molar-refractivity contribution in [2.75, 3.05) is 12.4 Å². The van der Waals surface area contributed by atoms with Crippen LogP contribution >= 0.6 is 11.3 Å². The highest BCUT2D eigenvalue weighted by molar-refractivity contribution is 7.13. The van der Waals surface area contributed by atoms with Gasteiger partial charge in [0.05, 0.1) is 23.3 Å². The molecule has 0 aliphatic rings. The van der Waals surface area contributed by atoms with Crippen molar-refractivity contribution >= 4 is 33.8 Å². The monoisotopic (exact) mass is 399 g/mol. The lowest BCUT2D eigenvalue weighted by molar-refractivity contribution is -0.385. The lowest BCUT2D eigenvalue weighted by Crippen LogP contribution is -2.06. The van der Waals surface area contributed by atoms with E-state index in [4.69, 9.17) is 9.47 Å². The number of ether oxygens (including phenoxy) is 2. The third kappa shape index (κ3) is 4.63. The highest BCUT2D eigenvalue weighted by Crippen LogP contribution is 2.28. The zero-order chi connectivity index (χ0) is 20.1. The number of carbonyl (C=O) groups excluding carboxylic acids is 1. The van der Waals surface area contributed by atoms with Crippen LogP contribution in [0.25, 0.3) is 0 Å². The number of carbonyl (C=O) groups is 1. The first kappa shape index (κ1) is 19.3.